The largest absolute Gasteiger partial charge is 0.416 e. The quantitative estimate of drug-likeness (QED) is 0.709. The minimum Gasteiger partial charge on any atom is -0.346 e. The van der Waals surface area contributed by atoms with Crippen LogP contribution in [0, 0.1) is 6.92 Å². The van der Waals surface area contributed by atoms with Gasteiger partial charge in [-0.2, -0.15) is 18.3 Å². The van der Waals surface area contributed by atoms with Crippen LogP contribution in [0.1, 0.15) is 41.2 Å². The molecule has 0 saturated heterocycles. The summed E-state index contributed by atoms with van der Waals surface area (Å²) in [6.07, 6.45) is 1.17. The summed E-state index contributed by atoms with van der Waals surface area (Å²) in [5.41, 5.74) is 3.21. The second-order valence-corrected chi connectivity index (χ2v) is 6.95. The SMILES string of the molecule is Cc1nc(CNc2nncc(-c3cccc(C(F)(F)F)c3)n2)nc2c1CCCC2. The van der Waals surface area contributed by atoms with Crippen LogP contribution in [0.2, 0.25) is 0 Å². The van der Waals surface area contributed by atoms with Crippen molar-refractivity contribution in [1.82, 2.24) is 25.1 Å². The van der Waals surface area contributed by atoms with E-state index in [0.29, 0.717) is 23.6 Å². The Bertz CT molecular complexity index is 1030. The van der Waals surface area contributed by atoms with E-state index in [0.717, 1.165) is 49.2 Å². The zero-order valence-corrected chi connectivity index (χ0v) is 15.8. The molecule has 9 heteroatoms. The van der Waals surface area contributed by atoms with Gasteiger partial charge in [0.05, 0.1) is 24.0 Å². The maximum atomic E-state index is 12.9. The third-order valence-electron chi connectivity index (χ3n) is 4.89. The highest BCUT2D eigenvalue weighted by molar-refractivity contribution is 5.60. The van der Waals surface area contributed by atoms with Crippen molar-refractivity contribution >= 4 is 5.95 Å². The van der Waals surface area contributed by atoms with Gasteiger partial charge in [0.2, 0.25) is 5.95 Å². The summed E-state index contributed by atoms with van der Waals surface area (Å²) >= 11 is 0. The number of alkyl halides is 3. The molecule has 0 unspecified atom stereocenters. The van der Waals surface area contributed by atoms with Crippen LogP contribution in [-0.2, 0) is 25.6 Å². The molecule has 0 bridgehead atoms. The number of nitrogens with one attached hydrogen (secondary N) is 1. The van der Waals surface area contributed by atoms with Gasteiger partial charge in [-0.15, -0.1) is 5.10 Å². The first kappa shape index (κ1) is 19.2. The van der Waals surface area contributed by atoms with Crippen LogP contribution in [0.15, 0.2) is 30.5 Å². The first-order valence-corrected chi connectivity index (χ1v) is 9.36. The third-order valence-corrected chi connectivity index (χ3v) is 4.89. The number of nitrogens with zero attached hydrogens (tertiary/aromatic N) is 5. The molecule has 0 spiro atoms. The van der Waals surface area contributed by atoms with Gasteiger partial charge in [-0.3, -0.25) is 0 Å². The molecule has 3 aromatic rings. The van der Waals surface area contributed by atoms with Crippen LogP contribution in [-0.4, -0.2) is 25.1 Å². The summed E-state index contributed by atoms with van der Waals surface area (Å²) in [4.78, 5) is 13.5. The van der Waals surface area contributed by atoms with E-state index in [4.69, 9.17) is 0 Å². The zero-order valence-electron chi connectivity index (χ0n) is 15.8. The Labute approximate surface area is 165 Å². The van der Waals surface area contributed by atoms with Gasteiger partial charge in [-0.25, -0.2) is 15.0 Å². The molecule has 0 aliphatic heterocycles. The van der Waals surface area contributed by atoms with Crippen molar-refractivity contribution in [2.75, 3.05) is 5.32 Å². The van der Waals surface area contributed by atoms with E-state index in [1.807, 2.05) is 6.92 Å². The molecule has 0 radical (unpaired) electrons. The van der Waals surface area contributed by atoms with E-state index < -0.39 is 11.7 Å². The monoisotopic (exact) mass is 400 g/mol. The van der Waals surface area contributed by atoms with Gasteiger partial charge in [-0.1, -0.05) is 12.1 Å². The van der Waals surface area contributed by atoms with Crippen molar-refractivity contribution in [3.05, 3.63) is 58.8 Å². The topological polar surface area (TPSA) is 76.5 Å². The van der Waals surface area contributed by atoms with E-state index >= 15 is 0 Å². The molecular weight excluding hydrogens is 381 g/mol. The van der Waals surface area contributed by atoms with E-state index in [-0.39, 0.29) is 5.95 Å². The molecule has 0 fully saturated rings. The molecule has 1 N–H and O–H groups in total. The lowest BCUT2D eigenvalue weighted by molar-refractivity contribution is -0.137. The number of fused-ring (bicyclic) bond motifs is 1. The van der Waals surface area contributed by atoms with Crippen LogP contribution in [0.5, 0.6) is 0 Å². The Morgan fingerprint density at radius 1 is 1.07 bits per heavy atom. The van der Waals surface area contributed by atoms with Gasteiger partial charge >= 0.3 is 6.18 Å². The Morgan fingerprint density at radius 2 is 1.90 bits per heavy atom. The lowest BCUT2D eigenvalue weighted by atomic mass is 9.95. The molecule has 0 amide bonds. The lowest BCUT2D eigenvalue weighted by Crippen LogP contribution is -2.15. The summed E-state index contributed by atoms with van der Waals surface area (Å²) < 4.78 is 38.8. The highest BCUT2D eigenvalue weighted by Crippen LogP contribution is 2.31. The normalized spacial score (nSPS) is 13.8. The molecule has 6 nitrogen and oxygen atoms in total. The fourth-order valence-electron chi connectivity index (χ4n) is 3.45. The van der Waals surface area contributed by atoms with Gasteiger partial charge in [0.1, 0.15) is 5.82 Å². The molecule has 4 rings (SSSR count). The molecule has 0 saturated carbocycles. The first-order valence-electron chi connectivity index (χ1n) is 9.36. The average molecular weight is 400 g/mol. The summed E-state index contributed by atoms with van der Waals surface area (Å²) in [5, 5.41) is 10.8. The van der Waals surface area contributed by atoms with E-state index in [9.17, 15) is 13.2 Å². The van der Waals surface area contributed by atoms with E-state index in [2.05, 4.69) is 30.5 Å². The van der Waals surface area contributed by atoms with Crippen LogP contribution in [0.25, 0.3) is 11.3 Å². The van der Waals surface area contributed by atoms with Crippen LogP contribution in [0.4, 0.5) is 19.1 Å². The van der Waals surface area contributed by atoms with Crippen molar-refractivity contribution in [3.8, 4) is 11.3 Å². The minimum atomic E-state index is -4.42. The molecule has 1 aliphatic rings. The Balaban J connectivity index is 1.52. The Hall–Kier alpha value is -3.10. The summed E-state index contributed by atoms with van der Waals surface area (Å²) in [6, 6.07) is 4.97. The second-order valence-electron chi connectivity index (χ2n) is 6.95. The molecule has 1 aliphatic carbocycles. The maximum Gasteiger partial charge on any atom is 0.416 e. The summed E-state index contributed by atoms with van der Waals surface area (Å²) in [6.45, 7) is 2.30. The predicted molar refractivity (Wildman–Crippen MR) is 101 cm³/mol. The number of hydrogen-bond donors (Lipinski definition) is 1. The molecule has 150 valence electrons. The van der Waals surface area contributed by atoms with Gasteiger partial charge in [0, 0.05) is 17.0 Å². The fraction of sp³-hybridized carbons (Fsp3) is 0.350. The number of benzene rings is 1. The van der Waals surface area contributed by atoms with E-state index in [1.54, 1.807) is 6.07 Å². The number of aryl methyl sites for hydroxylation is 2. The Kier molecular flexibility index (Phi) is 5.12. The van der Waals surface area contributed by atoms with Crippen molar-refractivity contribution in [3.63, 3.8) is 0 Å². The smallest absolute Gasteiger partial charge is 0.346 e. The first-order chi connectivity index (χ1) is 13.9. The van der Waals surface area contributed by atoms with Crippen molar-refractivity contribution in [2.45, 2.75) is 45.3 Å². The van der Waals surface area contributed by atoms with Crippen molar-refractivity contribution < 1.29 is 13.2 Å². The maximum absolute atomic E-state index is 12.9. The molecule has 1 aromatic carbocycles. The minimum absolute atomic E-state index is 0.207. The highest BCUT2D eigenvalue weighted by Gasteiger charge is 2.30. The summed E-state index contributed by atoms with van der Waals surface area (Å²) in [5.74, 6) is 0.843. The third kappa shape index (κ3) is 4.33. The molecule has 29 heavy (non-hydrogen) atoms. The van der Waals surface area contributed by atoms with Crippen LogP contribution in [0.3, 0.4) is 0 Å². The molecule has 2 heterocycles. The molecular formula is C20H19F3N6. The lowest BCUT2D eigenvalue weighted by Gasteiger charge is -2.17. The van der Waals surface area contributed by atoms with Crippen molar-refractivity contribution in [2.24, 2.45) is 0 Å². The van der Waals surface area contributed by atoms with Gasteiger partial charge in [0.15, 0.2) is 0 Å². The van der Waals surface area contributed by atoms with Gasteiger partial charge in [0.25, 0.3) is 0 Å². The van der Waals surface area contributed by atoms with Crippen molar-refractivity contribution in [1.29, 1.82) is 0 Å². The number of rotatable bonds is 4. The average Bonchev–Trinajstić information content (AvgIpc) is 2.72. The standard InChI is InChI=1S/C20H19F3N6/c1-12-15-7-2-3-8-16(15)27-18(26-12)11-24-19-28-17(10-25-29-19)13-5-4-6-14(9-13)20(21,22)23/h4-6,9-10H,2-3,7-8,11H2,1H3,(H,24,28,29). The molecule has 0 atom stereocenters. The Morgan fingerprint density at radius 3 is 2.72 bits per heavy atom. The number of hydrogen-bond acceptors (Lipinski definition) is 6. The summed E-state index contributed by atoms with van der Waals surface area (Å²) in [7, 11) is 0. The highest BCUT2D eigenvalue weighted by atomic mass is 19.4. The van der Waals surface area contributed by atoms with Gasteiger partial charge < -0.3 is 5.32 Å². The fourth-order valence-corrected chi connectivity index (χ4v) is 3.45. The van der Waals surface area contributed by atoms with Crippen LogP contribution >= 0.6 is 0 Å². The molecule has 2 aromatic heterocycles. The second kappa shape index (κ2) is 7.73. The van der Waals surface area contributed by atoms with E-state index in [1.165, 1.54) is 17.8 Å². The van der Waals surface area contributed by atoms with Crippen LogP contribution < -0.4 is 5.32 Å². The predicted octanol–water partition coefficient (Wildman–Crippen LogP) is 4.15. The number of anilines is 1. The number of halogens is 3. The number of aromatic nitrogens is 5. The van der Waals surface area contributed by atoms with Gasteiger partial charge in [-0.05, 0) is 50.3 Å². The zero-order chi connectivity index (χ0) is 20.4.